The van der Waals surface area contributed by atoms with E-state index in [4.69, 9.17) is 0 Å². The molecule has 2 aromatic heterocycles. The summed E-state index contributed by atoms with van der Waals surface area (Å²) in [5, 5.41) is 3.47. The monoisotopic (exact) mass is 187 g/mol. The number of nitrogens with one attached hydrogen (secondary N) is 1. The lowest BCUT2D eigenvalue weighted by atomic mass is 10.2. The van der Waals surface area contributed by atoms with Gasteiger partial charge in [-0.3, -0.25) is 0 Å². The molecule has 0 bridgehead atoms. The summed E-state index contributed by atoms with van der Waals surface area (Å²) in [5.41, 5.74) is 3.81. The highest BCUT2D eigenvalue weighted by molar-refractivity contribution is 7.18. The number of rotatable bonds is 0. The first-order chi connectivity index (χ1) is 6.34. The smallest absolute Gasteiger partial charge is 0.0598 e. The fourth-order valence-corrected chi connectivity index (χ4v) is 2.61. The molecule has 2 heteroatoms. The first-order valence-corrected chi connectivity index (χ1v) is 5.18. The number of aryl methyl sites for hydroxylation is 1. The summed E-state index contributed by atoms with van der Waals surface area (Å²) in [4.78, 5) is 3.41. The first-order valence-electron chi connectivity index (χ1n) is 4.30. The van der Waals surface area contributed by atoms with Gasteiger partial charge in [0.15, 0.2) is 0 Å². The number of thiophene rings is 1. The van der Waals surface area contributed by atoms with Gasteiger partial charge in [-0.1, -0.05) is 12.1 Å². The summed E-state index contributed by atoms with van der Waals surface area (Å²) in [6, 6.07) is 8.69. The number of H-pyrrole nitrogens is 1. The molecule has 3 aromatic rings. The molecule has 0 radical (unpaired) electrons. The van der Waals surface area contributed by atoms with Crippen LogP contribution in [0.4, 0.5) is 0 Å². The molecule has 0 fully saturated rings. The van der Waals surface area contributed by atoms with Crippen molar-refractivity contribution in [2.75, 3.05) is 0 Å². The Morgan fingerprint density at radius 1 is 1.15 bits per heavy atom. The lowest BCUT2D eigenvalue weighted by molar-refractivity contribution is 1.47. The van der Waals surface area contributed by atoms with Gasteiger partial charge in [-0.15, -0.1) is 11.3 Å². The Labute approximate surface area is 80.0 Å². The van der Waals surface area contributed by atoms with Crippen molar-refractivity contribution in [3.05, 3.63) is 35.2 Å². The van der Waals surface area contributed by atoms with Gasteiger partial charge >= 0.3 is 0 Å². The standard InChI is InChI=1S/C11H9NS/c1-7-2-3-8-10(6-7)12-9-4-5-13-11(8)9/h2-6,12H,1H3. The van der Waals surface area contributed by atoms with Crippen molar-refractivity contribution in [3.63, 3.8) is 0 Å². The average Bonchev–Trinajstić information content (AvgIpc) is 2.62. The van der Waals surface area contributed by atoms with Gasteiger partial charge in [-0.05, 0) is 30.0 Å². The fraction of sp³-hybridized carbons (Fsp3) is 0.0909. The molecule has 1 N–H and O–H groups in total. The molecule has 0 amide bonds. The molecule has 3 rings (SSSR count). The van der Waals surface area contributed by atoms with Crippen molar-refractivity contribution in [1.29, 1.82) is 0 Å². The Hall–Kier alpha value is -1.28. The maximum atomic E-state index is 3.41. The SMILES string of the molecule is Cc1ccc2c(c1)[nH]c1ccsc12. The Bertz CT molecular complexity index is 574. The molecule has 0 saturated carbocycles. The van der Waals surface area contributed by atoms with Crippen LogP contribution in [0.1, 0.15) is 5.56 Å². The van der Waals surface area contributed by atoms with Crippen LogP contribution in [0.3, 0.4) is 0 Å². The van der Waals surface area contributed by atoms with E-state index in [0.29, 0.717) is 0 Å². The summed E-state index contributed by atoms with van der Waals surface area (Å²) >= 11 is 1.80. The highest BCUT2D eigenvalue weighted by Gasteiger charge is 2.03. The van der Waals surface area contributed by atoms with Crippen LogP contribution in [-0.4, -0.2) is 4.98 Å². The number of benzene rings is 1. The molecule has 0 spiro atoms. The lowest BCUT2D eigenvalue weighted by Gasteiger charge is -1.91. The van der Waals surface area contributed by atoms with Crippen molar-refractivity contribution in [2.45, 2.75) is 6.92 Å². The highest BCUT2D eigenvalue weighted by Crippen LogP contribution is 2.29. The largest absolute Gasteiger partial charge is 0.354 e. The van der Waals surface area contributed by atoms with Crippen molar-refractivity contribution in [3.8, 4) is 0 Å². The minimum absolute atomic E-state index is 1.25. The number of hydrogen-bond acceptors (Lipinski definition) is 1. The molecule has 0 aliphatic rings. The molecular formula is C11H9NS. The Morgan fingerprint density at radius 2 is 2.08 bits per heavy atom. The summed E-state index contributed by atoms with van der Waals surface area (Å²) < 4.78 is 1.37. The molecule has 0 aliphatic heterocycles. The van der Waals surface area contributed by atoms with E-state index in [1.165, 1.54) is 26.7 Å². The van der Waals surface area contributed by atoms with Gasteiger partial charge in [0.05, 0.1) is 10.2 Å². The third kappa shape index (κ3) is 0.923. The van der Waals surface area contributed by atoms with Gasteiger partial charge in [0, 0.05) is 10.9 Å². The fourth-order valence-electron chi connectivity index (χ4n) is 1.72. The van der Waals surface area contributed by atoms with Crippen LogP contribution < -0.4 is 0 Å². The van der Waals surface area contributed by atoms with E-state index in [1.807, 2.05) is 0 Å². The number of aromatic nitrogens is 1. The van der Waals surface area contributed by atoms with E-state index in [2.05, 4.69) is 41.6 Å². The zero-order valence-corrected chi connectivity index (χ0v) is 8.11. The Balaban J connectivity index is 2.59. The van der Waals surface area contributed by atoms with Crippen molar-refractivity contribution >= 4 is 32.5 Å². The molecule has 0 atom stereocenters. The zero-order chi connectivity index (χ0) is 8.84. The second-order valence-corrected chi connectivity index (χ2v) is 4.25. The third-order valence-electron chi connectivity index (χ3n) is 2.35. The van der Waals surface area contributed by atoms with Crippen LogP contribution in [0.25, 0.3) is 21.1 Å². The predicted molar refractivity (Wildman–Crippen MR) is 58.4 cm³/mol. The zero-order valence-electron chi connectivity index (χ0n) is 7.29. The summed E-state index contributed by atoms with van der Waals surface area (Å²) in [7, 11) is 0. The van der Waals surface area contributed by atoms with Crippen molar-refractivity contribution in [1.82, 2.24) is 4.98 Å². The molecule has 0 aliphatic carbocycles. The second kappa shape index (κ2) is 2.36. The lowest BCUT2D eigenvalue weighted by Crippen LogP contribution is -1.70. The second-order valence-electron chi connectivity index (χ2n) is 3.34. The highest BCUT2D eigenvalue weighted by atomic mass is 32.1. The molecule has 13 heavy (non-hydrogen) atoms. The van der Waals surface area contributed by atoms with E-state index in [1.54, 1.807) is 11.3 Å². The van der Waals surface area contributed by atoms with Gasteiger partial charge in [-0.2, -0.15) is 0 Å². The molecule has 1 nitrogen and oxygen atoms in total. The summed E-state index contributed by atoms with van der Waals surface area (Å²) in [6.07, 6.45) is 0. The number of hydrogen-bond donors (Lipinski definition) is 1. The van der Waals surface area contributed by atoms with Gasteiger partial charge in [0.2, 0.25) is 0 Å². The topological polar surface area (TPSA) is 15.8 Å². The van der Waals surface area contributed by atoms with Crippen LogP contribution in [0.15, 0.2) is 29.6 Å². The first kappa shape index (κ1) is 7.15. The Kier molecular flexibility index (Phi) is 1.30. The van der Waals surface area contributed by atoms with Crippen LogP contribution in [0, 0.1) is 6.92 Å². The maximum Gasteiger partial charge on any atom is 0.0598 e. The minimum atomic E-state index is 1.25. The molecule has 1 aromatic carbocycles. The van der Waals surface area contributed by atoms with Crippen molar-refractivity contribution in [2.24, 2.45) is 0 Å². The normalized spacial score (nSPS) is 11.5. The van der Waals surface area contributed by atoms with E-state index in [0.717, 1.165) is 0 Å². The van der Waals surface area contributed by atoms with E-state index < -0.39 is 0 Å². The van der Waals surface area contributed by atoms with Crippen LogP contribution >= 0.6 is 11.3 Å². The van der Waals surface area contributed by atoms with E-state index in [-0.39, 0.29) is 0 Å². The minimum Gasteiger partial charge on any atom is -0.354 e. The molecule has 64 valence electrons. The molecule has 0 saturated heterocycles. The van der Waals surface area contributed by atoms with E-state index >= 15 is 0 Å². The van der Waals surface area contributed by atoms with E-state index in [9.17, 15) is 0 Å². The molecule has 2 heterocycles. The van der Waals surface area contributed by atoms with Crippen LogP contribution in [0.5, 0.6) is 0 Å². The number of aromatic amines is 1. The van der Waals surface area contributed by atoms with Gasteiger partial charge in [-0.25, -0.2) is 0 Å². The van der Waals surface area contributed by atoms with Gasteiger partial charge < -0.3 is 4.98 Å². The molecule has 0 unspecified atom stereocenters. The maximum absolute atomic E-state index is 3.41. The van der Waals surface area contributed by atoms with Gasteiger partial charge in [0.25, 0.3) is 0 Å². The van der Waals surface area contributed by atoms with Crippen LogP contribution in [-0.2, 0) is 0 Å². The van der Waals surface area contributed by atoms with Crippen molar-refractivity contribution < 1.29 is 0 Å². The molecular weight excluding hydrogens is 178 g/mol. The summed E-state index contributed by atoms with van der Waals surface area (Å²) in [5.74, 6) is 0. The van der Waals surface area contributed by atoms with Gasteiger partial charge in [0.1, 0.15) is 0 Å². The van der Waals surface area contributed by atoms with Crippen LogP contribution in [0.2, 0.25) is 0 Å². The number of fused-ring (bicyclic) bond motifs is 3. The Morgan fingerprint density at radius 3 is 3.00 bits per heavy atom. The third-order valence-corrected chi connectivity index (χ3v) is 3.30. The quantitative estimate of drug-likeness (QED) is 0.552. The average molecular weight is 187 g/mol. The summed E-state index contributed by atoms with van der Waals surface area (Å²) in [6.45, 7) is 2.12. The predicted octanol–water partition coefficient (Wildman–Crippen LogP) is 3.69.